The number of ether oxygens (including phenoxy) is 2. The van der Waals surface area contributed by atoms with Crippen LogP contribution in [0.5, 0.6) is 11.5 Å². The summed E-state index contributed by atoms with van der Waals surface area (Å²) in [6.45, 7) is 0.142. The molecule has 2 rings (SSSR count). The zero-order valence-corrected chi connectivity index (χ0v) is 11.2. The van der Waals surface area contributed by atoms with Gasteiger partial charge in [0.15, 0.2) is 0 Å². The standard InChI is InChI=1S/C13H15NO3S/c1-16-10-5-9(6-11(7-10)17-2)13-14-8-12(18-13)3-4-15/h5-8,15H,3-4H2,1-2H3. The summed E-state index contributed by atoms with van der Waals surface area (Å²) >= 11 is 1.57. The predicted molar refractivity (Wildman–Crippen MR) is 71.4 cm³/mol. The third kappa shape index (κ3) is 2.80. The third-order valence-corrected chi connectivity index (χ3v) is 3.62. The second kappa shape index (κ2) is 5.84. The van der Waals surface area contributed by atoms with Crippen LogP contribution in [-0.4, -0.2) is 30.9 Å². The van der Waals surface area contributed by atoms with E-state index in [9.17, 15) is 0 Å². The van der Waals surface area contributed by atoms with Crippen molar-refractivity contribution in [2.75, 3.05) is 20.8 Å². The smallest absolute Gasteiger partial charge is 0.123 e. The van der Waals surface area contributed by atoms with Crippen molar-refractivity contribution in [3.05, 3.63) is 29.3 Å². The fraction of sp³-hybridized carbons (Fsp3) is 0.308. The normalized spacial score (nSPS) is 10.4. The van der Waals surface area contributed by atoms with Crippen molar-refractivity contribution in [1.29, 1.82) is 0 Å². The SMILES string of the molecule is COc1cc(OC)cc(-c2ncc(CCO)s2)c1. The predicted octanol–water partition coefficient (Wildman–Crippen LogP) is 2.36. The second-order valence-electron chi connectivity index (χ2n) is 3.71. The molecule has 0 saturated heterocycles. The number of nitrogens with zero attached hydrogens (tertiary/aromatic N) is 1. The highest BCUT2D eigenvalue weighted by molar-refractivity contribution is 7.15. The molecule has 0 amide bonds. The summed E-state index contributed by atoms with van der Waals surface area (Å²) in [6.07, 6.45) is 2.43. The monoisotopic (exact) mass is 265 g/mol. The first-order valence-corrected chi connectivity index (χ1v) is 6.37. The summed E-state index contributed by atoms with van der Waals surface area (Å²) < 4.78 is 10.5. The van der Waals surface area contributed by atoms with E-state index in [0.29, 0.717) is 6.42 Å². The summed E-state index contributed by atoms with van der Waals surface area (Å²) in [5, 5.41) is 9.80. The summed E-state index contributed by atoms with van der Waals surface area (Å²) in [4.78, 5) is 5.42. The van der Waals surface area contributed by atoms with Gasteiger partial charge in [0.1, 0.15) is 16.5 Å². The highest BCUT2D eigenvalue weighted by Gasteiger charge is 2.08. The van der Waals surface area contributed by atoms with Crippen LogP contribution in [0, 0.1) is 0 Å². The Morgan fingerprint density at radius 1 is 1.17 bits per heavy atom. The Balaban J connectivity index is 2.35. The van der Waals surface area contributed by atoms with Crippen LogP contribution < -0.4 is 9.47 Å². The molecule has 18 heavy (non-hydrogen) atoms. The molecule has 0 bridgehead atoms. The minimum atomic E-state index is 0.142. The number of aliphatic hydroxyl groups is 1. The number of thiazole rings is 1. The third-order valence-electron chi connectivity index (χ3n) is 2.51. The summed E-state index contributed by atoms with van der Waals surface area (Å²) in [5.74, 6) is 1.48. The van der Waals surface area contributed by atoms with E-state index in [-0.39, 0.29) is 6.61 Å². The number of aromatic nitrogens is 1. The van der Waals surface area contributed by atoms with Gasteiger partial charge < -0.3 is 14.6 Å². The van der Waals surface area contributed by atoms with E-state index in [1.165, 1.54) is 0 Å². The van der Waals surface area contributed by atoms with Gasteiger partial charge in [0.2, 0.25) is 0 Å². The highest BCUT2D eigenvalue weighted by atomic mass is 32.1. The molecule has 4 nitrogen and oxygen atoms in total. The van der Waals surface area contributed by atoms with Crippen LogP contribution in [0.1, 0.15) is 4.88 Å². The van der Waals surface area contributed by atoms with Crippen LogP contribution >= 0.6 is 11.3 Å². The molecule has 5 heteroatoms. The second-order valence-corrected chi connectivity index (χ2v) is 4.82. The van der Waals surface area contributed by atoms with Gasteiger partial charge in [-0.1, -0.05) is 0 Å². The van der Waals surface area contributed by atoms with Gasteiger partial charge in [-0.2, -0.15) is 0 Å². The molecule has 1 aromatic carbocycles. The molecule has 0 aliphatic heterocycles. The number of rotatable bonds is 5. The van der Waals surface area contributed by atoms with E-state index >= 15 is 0 Å². The lowest BCUT2D eigenvalue weighted by Gasteiger charge is -2.06. The average Bonchev–Trinajstić information content (AvgIpc) is 2.87. The van der Waals surface area contributed by atoms with Crippen LogP contribution in [0.4, 0.5) is 0 Å². The van der Waals surface area contributed by atoms with Gasteiger partial charge in [0, 0.05) is 35.7 Å². The van der Waals surface area contributed by atoms with E-state index in [1.807, 2.05) is 18.2 Å². The molecule has 0 saturated carbocycles. The van der Waals surface area contributed by atoms with Crippen molar-refractivity contribution in [2.24, 2.45) is 0 Å². The minimum absolute atomic E-state index is 0.142. The highest BCUT2D eigenvalue weighted by Crippen LogP contribution is 2.32. The van der Waals surface area contributed by atoms with Crippen LogP contribution in [-0.2, 0) is 6.42 Å². The first-order valence-electron chi connectivity index (χ1n) is 5.56. The van der Waals surface area contributed by atoms with Gasteiger partial charge in [0.05, 0.1) is 14.2 Å². The first-order chi connectivity index (χ1) is 8.76. The zero-order chi connectivity index (χ0) is 13.0. The Bertz CT molecular complexity index is 502. The molecule has 1 N–H and O–H groups in total. The molecule has 0 fully saturated rings. The lowest BCUT2D eigenvalue weighted by Crippen LogP contribution is -1.88. The van der Waals surface area contributed by atoms with Gasteiger partial charge in [-0.05, 0) is 12.1 Å². The molecule has 0 aliphatic rings. The largest absolute Gasteiger partial charge is 0.497 e. The van der Waals surface area contributed by atoms with Gasteiger partial charge in [-0.3, -0.25) is 0 Å². The van der Waals surface area contributed by atoms with E-state index in [2.05, 4.69) is 4.98 Å². The maximum Gasteiger partial charge on any atom is 0.123 e. The Kier molecular flexibility index (Phi) is 4.17. The molecule has 0 atom stereocenters. The number of hydrogen-bond acceptors (Lipinski definition) is 5. The van der Waals surface area contributed by atoms with Gasteiger partial charge in [0.25, 0.3) is 0 Å². The van der Waals surface area contributed by atoms with E-state index in [0.717, 1.165) is 26.9 Å². The molecule has 1 heterocycles. The van der Waals surface area contributed by atoms with Crippen molar-refractivity contribution >= 4 is 11.3 Å². The molecular weight excluding hydrogens is 250 g/mol. The fourth-order valence-electron chi connectivity index (χ4n) is 1.60. The van der Waals surface area contributed by atoms with Crippen LogP contribution in [0.15, 0.2) is 24.4 Å². The maximum absolute atomic E-state index is 8.90. The number of aliphatic hydroxyl groups excluding tert-OH is 1. The molecule has 1 aromatic heterocycles. The van der Waals surface area contributed by atoms with E-state index in [1.54, 1.807) is 31.8 Å². The molecule has 0 aliphatic carbocycles. The summed E-state index contributed by atoms with van der Waals surface area (Å²) in [7, 11) is 3.25. The summed E-state index contributed by atoms with van der Waals surface area (Å²) in [6, 6.07) is 5.67. The minimum Gasteiger partial charge on any atom is -0.497 e. The van der Waals surface area contributed by atoms with Crippen LogP contribution in [0.3, 0.4) is 0 Å². The molecule has 0 spiro atoms. The quantitative estimate of drug-likeness (QED) is 0.901. The van der Waals surface area contributed by atoms with Crippen molar-refractivity contribution in [1.82, 2.24) is 4.98 Å². The maximum atomic E-state index is 8.90. The number of hydrogen-bond donors (Lipinski definition) is 1. The van der Waals surface area contributed by atoms with Gasteiger partial charge in [-0.25, -0.2) is 4.98 Å². The Labute approximate surface area is 110 Å². The van der Waals surface area contributed by atoms with Crippen molar-refractivity contribution in [3.63, 3.8) is 0 Å². The van der Waals surface area contributed by atoms with Crippen LogP contribution in [0.25, 0.3) is 10.6 Å². The van der Waals surface area contributed by atoms with E-state index in [4.69, 9.17) is 14.6 Å². The molecule has 0 radical (unpaired) electrons. The van der Waals surface area contributed by atoms with E-state index < -0.39 is 0 Å². The van der Waals surface area contributed by atoms with Crippen molar-refractivity contribution in [2.45, 2.75) is 6.42 Å². The number of methoxy groups -OCH3 is 2. The lowest BCUT2D eigenvalue weighted by molar-refractivity contribution is 0.300. The molecule has 0 unspecified atom stereocenters. The topological polar surface area (TPSA) is 51.6 Å². The summed E-state index contributed by atoms with van der Waals surface area (Å²) in [5.41, 5.74) is 0.959. The lowest BCUT2D eigenvalue weighted by atomic mass is 10.2. The fourth-order valence-corrected chi connectivity index (χ4v) is 2.49. The van der Waals surface area contributed by atoms with Crippen molar-refractivity contribution in [3.8, 4) is 22.1 Å². The molecular formula is C13H15NO3S. The van der Waals surface area contributed by atoms with Gasteiger partial charge >= 0.3 is 0 Å². The van der Waals surface area contributed by atoms with Crippen LogP contribution in [0.2, 0.25) is 0 Å². The Morgan fingerprint density at radius 2 is 1.83 bits per heavy atom. The van der Waals surface area contributed by atoms with Gasteiger partial charge in [-0.15, -0.1) is 11.3 Å². The zero-order valence-electron chi connectivity index (χ0n) is 10.3. The average molecular weight is 265 g/mol. The Morgan fingerprint density at radius 3 is 2.39 bits per heavy atom. The molecule has 96 valence electrons. The van der Waals surface area contributed by atoms with Crippen molar-refractivity contribution < 1.29 is 14.6 Å². The molecule has 2 aromatic rings. The number of benzene rings is 1. The Hall–Kier alpha value is -1.59. The first kappa shape index (κ1) is 12.9.